The highest BCUT2D eigenvalue weighted by Crippen LogP contribution is 2.17. The third kappa shape index (κ3) is 6.53. The molecule has 0 heterocycles. The molecule has 7 heteroatoms. The third-order valence-corrected chi connectivity index (χ3v) is 5.09. The van der Waals surface area contributed by atoms with Gasteiger partial charge in [-0.05, 0) is 44.2 Å². The van der Waals surface area contributed by atoms with Crippen LogP contribution in [0.25, 0.3) is 6.08 Å². The first kappa shape index (κ1) is 19.4. The van der Waals surface area contributed by atoms with Crippen LogP contribution < -0.4 is 4.74 Å². The molecule has 0 saturated heterocycles. The predicted molar refractivity (Wildman–Crippen MR) is 89.1 cm³/mol. The Labute approximate surface area is 138 Å². The Balaban J connectivity index is 2.72. The topological polar surface area (TPSA) is 63.2 Å². The van der Waals surface area contributed by atoms with Crippen molar-refractivity contribution in [2.24, 2.45) is 0 Å². The lowest BCUT2D eigenvalue weighted by Crippen LogP contribution is -2.40. The van der Waals surface area contributed by atoms with Crippen LogP contribution in [0.3, 0.4) is 0 Å². The fourth-order valence-corrected chi connectivity index (χ4v) is 2.97. The molecular formula is C16H24O6Si. The summed E-state index contributed by atoms with van der Waals surface area (Å²) in [4.78, 5) is 11.6. The minimum Gasteiger partial charge on any atom is -0.428 e. The van der Waals surface area contributed by atoms with Crippen molar-refractivity contribution in [3.8, 4) is 5.75 Å². The molecule has 128 valence electrons. The molecule has 0 radical (unpaired) electrons. The zero-order valence-corrected chi connectivity index (χ0v) is 15.4. The highest BCUT2D eigenvalue weighted by molar-refractivity contribution is 6.66. The van der Waals surface area contributed by atoms with E-state index in [9.17, 15) is 4.79 Å². The molecule has 23 heavy (non-hydrogen) atoms. The Bertz CT molecular complexity index is 520. The highest BCUT2D eigenvalue weighted by Gasteiger charge is 2.34. The van der Waals surface area contributed by atoms with Crippen molar-refractivity contribution in [1.29, 1.82) is 0 Å². The van der Waals surface area contributed by atoms with Crippen LogP contribution in [0, 0.1) is 0 Å². The summed E-state index contributed by atoms with van der Waals surface area (Å²) >= 11 is 0. The maximum Gasteiger partial charge on any atom is 0.528 e. The largest absolute Gasteiger partial charge is 0.528 e. The normalized spacial score (nSPS) is 12.4. The smallest absolute Gasteiger partial charge is 0.428 e. The van der Waals surface area contributed by atoms with E-state index in [1.807, 2.05) is 6.08 Å². The molecule has 0 N–H and O–H groups in total. The predicted octanol–water partition coefficient (Wildman–Crippen LogP) is 3.43. The van der Waals surface area contributed by atoms with Gasteiger partial charge in [0, 0.05) is 21.3 Å². The van der Waals surface area contributed by atoms with Gasteiger partial charge in [-0.2, -0.15) is 0 Å². The van der Waals surface area contributed by atoms with E-state index in [0.29, 0.717) is 5.75 Å². The number of rotatable bonds is 6. The number of hydrogen-bond acceptors (Lipinski definition) is 6. The van der Waals surface area contributed by atoms with Gasteiger partial charge in [-0.15, -0.1) is 0 Å². The number of carbonyl (C=O) groups is 1. The zero-order valence-electron chi connectivity index (χ0n) is 14.4. The average molecular weight is 340 g/mol. The van der Waals surface area contributed by atoms with Crippen LogP contribution >= 0.6 is 0 Å². The maximum atomic E-state index is 11.6. The lowest BCUT2D eigenvalue weighted by molar-refractivity contribution is 0.0206. The maximum absolute atomic E-state index is 11.6. The molecule has 0 bridgehead atoms. The van der Waals surface area contributed by atoms with Gasteiger partial charge in [0.1, 0.15) is 11.4 Å². The zero-order chi connectivity index (χ0) is 17.5. The summed E-state index contributed by atoms with van der Waals surface area (Å²) < 4.78 is 26.1. The van der Waals surface area contributed by atoms with E-state index in [1.54, 1.807) is 72.1 Å². The Morgan fingerprint density at radius 3 is 1.96 bits per heavy atom. The molecular weight excluding hydrogens is 316 g/mol. The Morgan fingerprint density at radius 2 is 1.52 bits per heavy atom. The van der Waals surface area contributed by atoms with Gasteiger partial charge in [-0.25, -0.2) is 4.79 Å². The number of hydrogen-bond donors (Lipinski definition) is 0. The average Bonchev–Trinajstić information content (AvgIpc) is 2.49. The van der Waals surface area contributed by atoms with Crippen LogP contribution in [-0.4, -0.2) is 41.9 Å². The molecule has 0 unspecified atom stereocenters. The van der Waals surface area contributed by atoms with Crippen molar-refractivity contribution in [2.75, 3.05) is 21.3 Å². The van der Waals surface area contributed by atoms with Crippen LogP contribution in [0.2, 0.25) is 0 Å². The minimum atomic E-state index is -2.75. The van der Waals surface area contributed by atoms with E-state index >= 15 is 0 Å². The van der Waals surface area contributed by atoms with Crippen LogP contribution in [-0.2, 0) is 18.0 Å². The summed E-state index contributed by atoms with van der Waals surface area (Å²) in [6.45, 7) is 5.33. The minimum absolute atomic E-state index is 0.408. The molecule has 0 spiro atoms. The van der Waals surface area contributed by atoms with Gasteiger partial charge >= 0.3 is 15.0 Å². The first-order valence-electron chi connectivity index (χ1n) is 7.09. The van der Waals surface area contributed by atoms with Crippen molar-refractivity contribution < 1.29 is 27.5 Å². The number of carbonyl (C=O) groups excluding carboxylic acids is 1. The first-order valence-corrected chi connectivity index (χ1v) is 8.89. The summed E-state index contributed by atoms with van der Waals surface area (Å²) in [6.07, 6.45) is 1.10. The first-order chi connectivity index (χ1) is 10.7. The van der Waals surface area contributed by atoms with Gasteiger partial charge in [0.05, 0.1) is 0 Å². The standard InChI is InChI=1S/C16H24O6Si/c1-16(2,3)22-15(17)21-14-9-7-13(8-10-14)11-12-23(18-4,19-5)20-6/h7-12H,1-6H3. The summed E-state index contributed by atoms with van der Waals surface area (Å²) in [6, 6.07) is 6.96. The SMILES string of the molecule is CO[Si](C=Cc1ccc(OC(=O)OC(C)(C)C)cc1)(OC)OC. The molecule has 0 atom stereocenters. The Morgan fingerprint density at radius 1 is 1.00 bits per heavy atom. The monoisotopic (exact) mass is 340 g/mol. The van der Waals surface area contributed by atoms with Crippen molar-refractivity contribution in [1.82, 2.24) is 0 Å². The molecule has 0 aromatic heterocycles. The summed E-state index contributed by atoms with van der Waals surface area (Å²) in [7, 11) is 1.88. The second-order valence-electron chi connectivity index (χ2n) is 5.68. The van der Waals surface area contributed by atoms with Gasteiger partial charge in [0.2, 0.25) is 0 Å². The second kappa shape index (κ2) is 8.26. The summed E-state index contributed by atoms with van der Waals surface area (Å²) in [5.74, 6) is 0.408. The van der Waals surface area contributed by atoms with Crippen LogP contribution in [0.4, 0.5) is 4.79 Å². The van der Waals surface area contributed by atoms with E-state index in [0.717, 1.165) is 5.56 Å². The van der Waals surface area contributed by atoms with Crippen molar-refractivity contribution in [3.05, 3.63) is 35.5 Å². The Kier molecular flexibility index (Phi) is 6.95. The van der Waals surface area contributed by atoms with Crippen molar-refractivity contribution >= 4 is 21.0 Å². The lowest BCUT2D eigenvalue weighted by atomic mass is 10.2. The van der Waals surface area contributed by atoms with E-state index in [2.05, 4.69) is 0 Å². The van der Waals surface area contributed by atoms with E-state index in [4.69, 9.17) is 22.8 Å². The Hall–Kier alpha value is -1.67. The van der Waals surface area contributed by atoms with E-state index in [-0.39, 0.29) is 0 Å². The molecule has 1 aromatic rings. The quantitative estimate of drug-likeness (QED) is 0.449. The van der Waals surface area contributed by atoms with Gasteiger partial charge < -0.3 is 22.8 Å². The van der Waals surface area contributed by atoms with Crippen LogP contribution in [0.15, 0.2) is 30.0 Å². The third-order valence-electron chi connectivity index (χ3n) is 2.80. The molecule has 6 nitrogen and oxygen atoms in total. The van der Waals surface area contributed by atoms with Crippen LogP contribution in [0.5, 0.6) is 5.75 Å². The molecule has 0 aliphatic carbocycles. The molecule has 0 amide bonds. The fraction of sp³-hybridized carbons (Fsp3) is 0.438. The van der Waals surface area contributed by atoms with Gasteiger partial charge in [0.25, 0.3) is 0 Å². The van der Waals surface area contributed by atoms with Crippen molar-refractivity contribution in [2.45, 2.75) is 26.4 Å². The molecule has 0 saturated carbocycles. The van der Waals surface area contributed by atoms with Gasteiger partial charge in [-0.3, -0.25) is 0 Å². The second-order valence-corrected chi connectivity index (χ2v) is 8.45. The lowest BCUT2D eigenvalue weighted by Gasteiger charge is -2.20. The van der Waals surface area contributed by atoms with Crippen LogP contribution in [0.1, 0.15) is 26.3 Å². The number of benzene rings is 1. The fourth-order valence-electron chi connectivity index (χ4n) is 1.67. The molecule has 1 rings (SSSR count). The molecule has 0 aliphatic rings. The highest BCUT2D eigenvalue weighted by atomic mass is 28.4. The van der Waals surface area contributed by atoms with Gasteiger partial charge in [0.15, 0.2) is 0 Å². The van der Waals surface area contributed by atoms with Gasteiger partial charge in [-0.1, -0.05) is 18.2 Å². The molecule has 0 fully saturated rings. The summed E-state index contributed by atoms with van der Waals surface area (Å²) in [5.41, 5.74) is 2.08. The summed E-state index contributed by atoms with van der Waals surface area (Å²) in [5, 5.41) is 0. The van der Waals surface area contributed by atoms with Crippen molar-refractivity contribution in [3.63, 3.8) is 0 Å². The number of ether oxygens (including phenoxy) is 2. The molecule has 1 aromatic carbocycles. The van der Waals surface area contributed by atoms with E-state index in [1.165, 1.54) is 0 Å². The molecule has 0 aliphatic heterocycles. The van der Waals surface area contributed by atoms with E-state index < -0.39 is 20.6 Å².